The topological polar surface area (TPSA) is 40.9 Å². The van der Waals surface area contributed by atoms with Crippen LogP contribution in [0.25, 0.3) is 0 Å². The van der Waals surface area contributed by atoms with Gasteiger partial charge in [-0.25, -0.2) is 0 Å². The Morgan fingerprint density at radius 2 is 2.27 bits per heavy atom. The van der Waals surface area contributed by atoms with Gasteiger partial charge in [-0.05, 0) is 26.7 Å². The molecule has 62 valence electrons. The zero-order valence-electron chi connectivity index (χ0n) is 6.85. The minimum absolute atomic E-state index is 0.0786. The van der Waals surface area contributed by atoms with Gasteiger partial charge < -0.3 is 0 Å². The highest BCUT2D eigenvalue weighted by Gasteiger charge is 2.28. The van der Waals surface area contributed by atoms with Crippen molar-refractivity contribution in [2.24, 2.45) is 5.41 Å². The molecular weight excluding hydrogens is 162 g/mol. The summed E-state index contributed by atoms with van der Waals surface area (Å²) in [5, 5.41) is 8.67. The fourth-order valence-electron chi connectivity index (χ4n) is 0.731. The first-order valence-electron chi connectivity index (χ1n) is 3.55. The average Bonchev–Trinajstić information content (AvgIpc) is 2.00. The first-order valence-corrected chi connectivity index (χ1v) is 4.08. The molecule has 0 aliphatic heterocycles. The predicted octanol–water partition coefficient (Wildman–Crippen LogP) is 2.12. The van der Waals surface area contributed by atoms with E-state index in [2.05, 4.69) is 0 Å². The molecule has 0 aromatic rings. The smallest absolute Gasteiger partial charge is 0.149 e. The molecule has 11 heavy (non-hydrogen) atoms. The third kappa shape index (κ3) is 2.90. The van der Waals surface area contributed by atoms with Gasteiger partial charge in [0.2, 0.25) is 0 Å². The van der Waals surface area contributed by atoms with Crippen LogP contribution in [0.1, 0.15) is 26.7 Å². The molecule has 3 heteroatoms. The monoisotopic (exact) mass is 173 g/mol. The maximum absolute atomic E-state index is 10.9. The molecule has 0 heterocycles. The number of Topliss-reactive ketones (excluding diaryl/α,β-unsaturated/α-hetero) is 1. The van der Waals surface area contributed by atoms with Gasteiger partial charge >= 0.3 is 0 Å². The van der Waals surface area contributed by atoms with Gasteiger partial charge in [0, 0.05) is 5.88 Å². The Balaban J connectivity index is 4.14. The summed E-state index contributed by atoms with van der Waals surface area (Å²) in [6, 6.07) is 2.00. The Kier molecular flexibility index (Phi) is 4.14. The predicted molar refractivity (Wildman–Crippen MR) is 44.4 cm³/mol. The number of carbonyl (C=O) groups is 1. The third-order valence-electron chi connectivity index (χ3n) is 1.83. The van der Waals surface area contributed by atoms with Gasteiger partial charge in [0.05, 0.1) is 6.07 Å². The van der Waals surface area contributed by atoms with Crippen molar-refractivity contribution < 1.29 is 4.79 Å². The van der Waals surface area contributed by atoms with Crippen molar-refractivity contribution in [1.29, 1.82) is 5.26 Å². The second-order valence-electron chi connectivity index (χ2n) is 2.79. The van der Waals surface area contributed by atoms with Crippen molar-refractivity contribution in [2.45, 2.75) is 26.7 Å². The van der Waals surface area contributed by atoms with Crippen LogP contribution in [-0.2, 0) is 4.79 Å². The number of carbonyl (C=O) groups excluding carboxylic acids is 1. The number of alkyl halides is 1. The van der Waals surface area contributed by atoms with Crippen LogP contribution in [0.4, 0.5) is 0 Å². The van der Waals surface area contributed by atoms with E-state index >= 15 is 0 Å². The van der Waals surface area contributed by atoms with E-state index in [4.69, 9.17) is 16.9 Å². The van der Waals surface area contributed by atoms with Gasteiger partial charge in [0.25, 0.3) is 0 Å². The van der Waals surface area contributed by atoms with E-state index in [1.165, 1.54) is 6.92 Å². The minimum atomic E-state index is -0.825. The first kappa shape index (κ1) is 10.4. The highest BCUT2D eigenvalue weighted by Crippen LogP contribution is 2.23. The largest absolute Gasteiger partial charge is 0.298 e. The van der Waals surface area contributed by atoms with E-state index in [1.807, 2.05) is 6.07 Å². The molecule has 0 amide bonds. The van der Waals surface area contributed by atoms with Crippen LogP contribution < -0.4 is 0 Å². The molecule has 0 aliphatic rings. The Hall–Kier alpha value is -0.550. The zero-order valence-corrected chi connectivity index (χ0v) is 7.61. The lowest BCUT2D eigenvalue weighted by atomic mass is 9.84. The molecule has 1 unspecified atom stereocenters. The molecule has 0 bridgehead atoms. The molecule has 2 nitrogen and oxygen atoms in total. The van der Waals surface area contributed by atoms with E-state index in [0.717, 1.165) is 0 Å². The summed E-state index contributed by atoms with van der Waals surface area (Å²) >= 11 is 5.45. The molecule has 0 aromatic carbocycles. The summed E-state index contributed by atoms with van der Waals surface area (Å²) in [7, 11) is 0. The van der Waals surface area contributed by atoms with Crippen LogP contribution in [0.3, 0.4) is 0 Å². The Bertz CT molecular complexity index is 185. The van der Waals surface area contributed by atoms with Crippen molar-refractivity contribution in [3.05, 3.63) is 0 Å². The fourth-order valence-corrected chi connectivity index (χ4v) is 0.865. The summed E-state index contributed by atoms with van der Waals surface area (Å²) in [4.78, 5) is 10.9. The van der Waals surface area contributed by atoms with E-state index in [9.17, 15) is 4.79 Å². The molecule has 0 aliphatic carbocycles. The maximum atomic E-state index is 10.9. The lowest BCUT2D eigenvalue weighted by Crippen LogP contribution is -2.23. The quantitative estimate of drug-likeness (QED) is 0.611. The molecular formula is C8H12ClNO. The highest BCUT2D eigenvalue weighted by atomic mass is 35.5. The van der Waals surface area contributed by atoms with Crippen molar-refractivity contribution >= 4 is 17.4 Å². The molecule has 0 spiro atoms. The van der Waals surface area contributed by atoms with Crippen LogP contribution in [0.2, 0.25) is 0 Å². The molecule has 0 N–H and O–H groups in total. The van der Waals surface area contributed by atoms with Crippen molar-refractivity contribution in [2.75, 3.05) is 5.88 Å². The van der Waals surface area contributed by atoms with Crippen LogP contribution in [-0.4, -0.2) is 11.7 Å². The lowest BCUT2D eigenvalue weighted by molar-refractivity contribution is -0.123. The zero-order chi connectivity index (χ0) is 8.91. The second-order valence-corrected chi connectivity index (χ2v) is 3.17. The van der Waals surface area contributed by atoms with Crippen molar-refractivity contribution in [1.82, 2.24) is 0 Å². The van der Waals surface area contributed by atoms with Crippen LogP contribution >= 0.6 is 11.6 Å². The fraction of sp³-hybridized carbons (Fsp3) is 0.750. The Morgan fingerprint density at radius 3 is 2.55 bits per heavy atom. The second kappa shape index (κ2) is 4.35. The molecule has 0 aromatic heterocycles. The van der Waals surface area contributed by atoms with Crippen LogP contribution in [0, 0.1) is 16.7 Å². The molecule has 0 saturated heterocycles. The summed E-state index contributed by atoms with van der Waals surface area (Å²) in [6.45, 7) is 3.10. The number of halogens is 1. The number of ketones is 1. The number of hydrogen-bond acceptors (Lipinski definition) is 2. The van der Waals surface area contributed by atoms with Gasteiger partial charge in [-0.3, -0.25) is 4.79 Å². The third-order valence-corrected chi connectivity index (χ3v) is 2.10. The van der Waals surface area contributed by atoms with Crippen LogP contribution in [0.5, 0.6) is 0 Å². The van der Waals surface area contributed by atoms with Crippen LogP contribution in [0.15, 0.2) is 0 Å². The summed E-state index contributed by atoms with van der Waals surface area (Å²) in [6.07, 6.45) is 1.27. The van der Waals surface area contributed by atoms with Gasteiger partial charge in [-0.1, -0.05) is 0 Å². The first-order chi connectivity index (χ1) is 5.06. The SMILES string of the molecule is CC(=O)C(C)(C#N)CCCCl. The summed E-state index contributed by atoms with van der Waals surface area (Å²) in [5.74, 6) is 0.426. The molecule has 1 atom stereocenters. The van der Waals surface area contributed by atoms with Crippen molar-refractivity contribution in [3.8, 4) is 6.07 Å². The maximum Gasteiger partial charge on any atom is 0.149 e. The summed E-state index contributed by atoms with van der Waals surface area (Å²) < 4.78 is 0. The van der Waals surface area contributed by atoms with E-state index in [-0.39, 0.29) is 5.78 Å². The van der Waals surface area contributed by atoms with Gasteiger partial charge in [-0.15, -0.1) is 11.6 Å². The van der Waals surface area contributed by atoms with Crippen molar-refractivity contribution in [3.63, 3.8) is 0 Å². The number of hydrogen-bond donors (Lipinski definition) is 0. The van der Waals surface area contributed by atoms with Gasteiger partial charge in [0.1, 0.15) is 11.2 Å². The molecule has 0 fully saturated rings. The number of nitrogens with zero attached hydrogens (tertiary/aromatic N) is 1. The minimum Gasteiger partial charge on any atom is -0.298 e. The van der Waals surface area contributed by atoms with E-state index in [1.54, 1.807) is 6.92 Å². The van der Waals surface area contributed by atoms with E-state index < -0.39 is 5.41 Å². The standard InChI is InChI=1S/C8H12ClNO/c1-7(11)8(2,6-10)4-3-5-9/h3-5H2,1-2H3. The molecule has 0 rings (SSSR count). The molecule has 0 saturated carbocycles. The van der Waals surface area contributed by atoms with Gasteiger partial charge in [-0.2, -0.15) is 5.26 Å². The van der Waals surface area contributed by atoms with E-state index in [0.29, 0.717) is 18.7 Å². The number of rotatable bonds is 4. The normalized spacial score (nSPS) is 15.1. The Morgan fingerprint density at radius 1 is 1.73 bits per heavy atom. The average molecular weight is 174 g/mol. The van der Waals surface area contributed by atoms with Gasteiger partial charge in [0.15, 0.2) is 0 Å². The lowest BCUT2D eigenvalue weighted by Gasteiger charge is -2.16. The Labute approximate surface area is 72.2 Å². The number of nitriles is 1. The molecule has 0 radical (unpaired) electrons. The highest BCUT2D eigenvalue weighted by molar-refractivity contribution is 6.17. The summed E-state index contributed by atoms with van der Waals surface area (Å²) in [5.41, 5.74) is -0.825.